The molecule has 1 heterocycles. The molecule has 1 saturated heterocycles. The summed E-state index contributed by atoms with van der Waals surface area (Å²) in [6, 6.07) is 0. The highest BCUT2D eigenvalue weighted by Gasteiger charge is 2.59. The lowest BCUT2D eigenvalue weighted by atomic mass is 9.56. The van der Waals surface area contributed by atoms with E-state index in [4.69, 9.17) is 0 Å². The van der Waals surface area contributed by atoms with Crippen LogP contribution in [0.4, 0.5) is 0 Å². The van der Waals surface area contributed by atoms with Crippen molar-refractivity contribution in [2.75, 3.05) is 0 Å². The van der Waals surface area contributed by atoms with E-state index >= 15 is 0 Å². The second kappa shape index (κ2) is 2.57. The van der Waals surface area contributed by atoms with Crippen molar-refractivity contribution in [1.29, 1.82) is 0 Å². The highest BCUT2D eigenvalue weighted by molar-refractivity contribution is 6.36. The molecule has 0 radical (unpaired) electrons. The van der Waals surface area contributed by atoms with Gasteiger partial charge >= 0.3 is 0 Å². The van der Waals surface area contributed by atoms with Gasteiger partial charge < -0.3 is 15.3 Å². The van der Waals surface area contributed by atoms with Crippen molar-refractivity contribution in [1.82, 2.24) is 5.32 Å². The van der Waals surface area contributed by atoms with Crippen LogP contribution in [-0.2, 0) is 9.59 Å². The monoisotopic (exact) mass is 185 g/mol. The van der Waals surface area contributed by atoms with E-state index in [-0.39, 0.29) is 0 Å². The molecule has 1 rings (SSSR count). The summed E-state index contributed by atoms with van der Waals surface area (Å²) in [6.07, 6.45) is 0. The lowest BCUT2D eigenvalue weighted by Gasteiger charge is -2.42. The first-order chi connectivity index (χ1) is 5.71. The molecule has 8 heteroatoms. The van der Waals surface area contributed by atoms with E-state index in [9.17, 15) is 24.9 Å². The number of hydrogen-bond donors (Lipinski definition) is 4. The minimum absolute atomic E-state index is 0.728. The maximum Gasteiger partial charge on any atom is 0.288 e. The molecule has 0 aromatic heterocycles. The third-order valence-corrected chi connectivity index (χ3v) is 2.50. The zero-order valence-corrected chi connectivity index (χ0v) is 7.24. The summed E-state index contributed by atoms with van der Waals surface area (Å²) < 4.78 is 0. The molecule has 4 N–H and O–H groups in total. The molecule has 2 amide bonds. The average molecular weight is 185 g/mol. The SMILES string of the molecule is BC1C(=O)NC(=O)C(O)(O)C1(B)O. The van der Waals surface area contributed by atoms with E-state index < -0.39 is 28.9 Å². The standard InChI is InChI=1S/C5H9B2NO5/c6-1-2(9)8-3(10)5(12,13)4(1,7)11/h1,11-13H,6-7H2,(H,8,9,10). The lowest BCUT2D eigenvalue weighted by Crippen LogP contribution is -2.72. The first-order valence-electron chi connectivity index (χ1n) is 3.73. The van der Waals surface area contributed by atoms with Gasteiger partial charge in [-0.15, -0.1) is 0 Å². The molecular formula is C5H9B2NO5. The normalized spacial score (nSPS) is 38.5. The Morgan fingerprint density at radius 2 is 1.77 bits per heavy atom. The molecule has 0 aromatic rings. The number of amides is 2. The first-order valence-corrected chi connectivity index (χ1v) is 3.73. The minimum atomic E-state index is -2.93. The molecule has 0 bridgehead atoms. The van der Waals surface area contributed by atoms with Gasteiger partial charge in [0, 0.05) is 5.82 Å². The van der Waals surface area contributed by atoms with Gasteiger partial charge in [-0.2, -0.15) is 0 Å². The smallest absolute Gasteiger partial charge is 0.288 e. The van der Waals surface area contributed by atoms with E-state index in [1.54, 1.807) is 5.32 Å². The second-order valence-corrected chi connectivity index (χ2v) is 3.36. The number of piperidine rings is 1. The second-order valence-electron chi connectivity index (χ2n) is 3.36. The number of carbonyl (C=O) groups is 2. The Hall–Kier alpha value is -0.850. The van der Waals surface area contributed by atoms with Crippen LogP contribution in [0.25, 0.3) is 0 Å². The van der Waals surface area contributed by atoms with Crippen molar-refractivity contribution >= 4 is 27.5 Å². The van der Waals surface area contributed by atoms with Crippen LogP contribution in [0.2, 0.25) is 5.82 Å². The zero-order valence-electron chi connectivity index (χ0n) is 7.24. The fraction of sp³-hybridized carbons (Fsp3) is 0.600. The van der Waals surface area contributed by atoms with Gasteiger partial charge in [0.25, 0.3) is 11.7 Å². The molecule has 0 aromatic carbocycles. The zero-order chi connectivity index (χ0) is 10.4. The summed E-state index contributed by atoms with van der Waals surface area (Å²) in [5, 5.41) is 29.7. The third-order valence-electron chi connectivity index (χ3n) is 2.50. The van der Waals surface area contributed by atoms with Crippen molar-refractivity contribution in [3.63, 3.8) is 0 Å². The highest BCUT2D eigenvalue weighted by atomic mass is 16.5. The summed E-state index contributed by atoms with van der Waals surface area (Å²) in [6.45, 7) is 0. The third kappa shape index (κ3) is 1.18. The Bertz CT molecular complexity index is 276. The highest BCUT2D eigenvalue weighted by Crippen LogP contribution is 2.31. The molecular weight excluding hydrogens is 176 g/mol. The van der Waals surface area contributed by atoms with E-state index in [0.717, 1.165) is 7.85 Å². The Labute approximate surface area is 75.8 Å². The van der Waals surface area contributed by atoms with Gasteiger partial charge in [-0.25, -0.2) is 0 Å². The van der Waals surface area contributed by atoms with Crippen molar-refractivity contribution < 1.29 is 24.9 Å². The van der Waals surface area contributed by atoms with E-state index in [0.29, 0.717) is 0 Å². The predicted octanol–water partition coefficient (Wildman–Crippen LogP) is -4.93. The summed E-state index contributed by atoms with van der Waals surface area (Å²) in [5.74, 6) is -6.03. The number of imide groups is 1. The number of nitrogens with one attached hydrogen (secondary N) is 1. The maximum absolute atomic E-state index is 11.0. The number of carbonyl (C=O) groups excluding carboxylic acids is 2. The Kier molecular flexibility index (Phi) is 2.02. The first kappa shape index (κ1) is 10.2. The summed E-state index contributed by atoms with van der Waals surface area (Å²) in [7, 11) is 2.32. The Balaban J connectivity index is 3.15. The van der Waals surface area contributed by atoms with Crippen LogP contribution in [0.15, 0.2) is 0 Å². The number of rotatable bonds is 0. The molecule has 1 aliphatic rings. The van der Waals surface area contributed by atoms with Crippen LogP contribution in [0, 0.1) is 0 Å². The van der Waals surface area contributed by atoms with Crippen molar-refractivity contribution in [3.05, 3.63) is 0 Å². The molecule has 0 spiro atoms. The predicted molar refractivity (Wildman–Crippen MR) is 46.1 cm³/mol. The van der Waals surface area contributed by atoms with Crippen LogP contribution in [0.3, 0.4) is 0 Å². The van der Waals surface area contributed by atoms with Crippen molar-refractivity contribution in [2.24, 2.45) is 0 Å². The fourth-order valence-corrected chi connectivity index (χ4v) is 1.09. The molecule has 70 valence electrons. The summed E-state index contributed by atoms with van der Waals surface area (Å²) in [5.41, 5.74) is -2.17. The number of aliphatic hydroxyl groups is 3. The van der Waals surface area contributed by atoms with E-state index in [2.05, 4.69) is 0 Å². The van der Waals surface area contributed by atoms with Crippen LogP contribution < -0.4 is 5.32 Å². The Morgan fingerprint density at radius 3 is 2.23 bits per heavy atom. The van der Waals surface area contributed by atoms with Crippen LogP contribution in [0.5, 0.6) is 0 Å². The van der Waals surface area contributed by atoms with Gasteiger partial charge in [0.05, 0.1) is 5.50 Å². The lowest BCUT2D eigenvalue weighted by molar-refractivity contribution is -0.240. The molecule has 1 fully saturated rings. The van der Waals surface area contributed by atoms with Gasteiger partial charge in [-0.3, -0.25) is 14.9 Å². The summed E-state index contributed by atoms with van der Waals surface area (Å²) >= 11 is 0. The topological polar surface area (TPSA) is 107 Å². The fourth-order valence-electron chi connectivity index (χ4n) is 1.09. The van der Waals surface area contributed by atoms with Crippen LogP contribution in [0.1, 0.15) is 0 Å². The molecule has 0 aliphatic carbocycles. The van der Waals surface area contributed by atoms with Gasteiger partial charge in [-0.05, 0) is 0 Å². The van der Waals surface area contributed by atoms with Crippen molar-refractivity contribution in [3.8, 4) is 0 Å². The van der Waals surface area contributed by atoms with Gasteiger partial charge in [-0.1, -0.05) is 0 Å². The maximum atomic E-state index is 11.0. The molecule has 13 heavy (non-hydrogen) atoms. The van der Waals surface area contributed by atoms with E-state index in [1.165, 1.54) is 7.85 Å². The van der Waals surface area contributed by atoms with Crippen LogP contribution >= 0.6 is 0 Å². The largest absolute Gasteiger partial charge is 0.393 e. The molecule has 6 nitrogen and oxygen atoms in total. The van der Waals surface area contributed by atoms with E-state index in [1.807, 2.05) is 0 Å². The molecule has 2 unspecified atom stereocenters. The quantitative estimate of drug-likeness (QED) is 0.172. The Morgan fingerprint density at radius 1 is 1.31 bits per heavy atom. The van der Waals surface area contributed by atoms with Gasteiger partial charge in [0.1, 0.15) is 7.85 Å². The average Bonchev–Trinajstić information content (AvgIpc) is 2.00. The molecule has 0 saturated carbocycles. The van der Waals surface area contributed by atoms with Gasteiger partial charge in [0.15, 0.2) is 7.85 Å². The van der Waals surface area contributed by atoms with Crippen molar-refractivity contribution in [2.45, 2.75) is 17.1 Å². The van der Waals surface area contributed by atoms with Gasteiger partial charge in [0.2, 0.25) is 5.91 Å². The minimum Gasteiger partial charge on any atom is -0.393 e. The summed E-state index contributed by atoms with van der Waals surface area (Å²) in [4.78, 5) is 21.9. The molecule has 2 atom stereocenters. The number of hydrogen-bond acceptors (Lipinski definition) is 5. The molecule has 1 aliphatic heterocycles. The van der Waals surface area contributed by atoms with Crippen LogP contribution in [-0.4, -0.2) is 54.1 Å².